The summed E-state index contributed by atoms with van der Waals surface area (Å²) in [5.74, 6) is 1.48. The van der Waals surface area contributed by atoms with Gasteiger partial charge in [-0.05, 0) is 125 Å². The molecule has 0 radical (unpaired) electrons. The zero-order chi connectivity index (χ0) is 40.9. The van der Waals surface area contributed by atoms with Gasteiger partial charge in [-0.25, -0.2) is 0 Å². The SMILES string of the molecule is CC(C)c1cc(C(C)C)c2cc1C=NCc1cc(cc(C(C)(C)C)c1)CN=Cc1cc(c(C(C)C)cc1C(C)C)C=NCc1cc(cc(C(C)(C)C)c1)CN=C2. The van der Waals surface area contributed by atoms with E-state index in [9.17, 15) is 0 Å². The fourth-order valence-corrected chi connectivity index (χ4v) is 7.54. The lowest BCUT2D eigenvalue weighted by molar-refractivity contribution is 0.588. The van der Waals surface area contributed by atoms with Crippen LogP contribution in [0, 0.1) is 0 Å². The molecule has 56 heavy (non-hydrogen) atoms. The molecule has 4 nitrogen and oxygen atoms in total. The summed E-state index contributed by atoms with van der Waals surface area (Å²) in [5, 5.41) is 0. The fraction of sp³-hybridized carbons (Fsp3) is 0.462. The third-order valence-electron chi connectivity index (χ3n) is 10.9. The number of hydrogen-bond donors (Lipinski definition) is 0. The number of aliphatic imine (C=N–C) groups is 4. The van der Waals surface area contributed by atoms with Gasteiger partial charge in [-0.15, -0.1) is 0 Å². The van der Waals surface area contributed by atoms with Crippen molar-refractivity contribution in [2.24, 2.45) is 20.0 Å². The topological polar surface area (TPSA) is 49.4 Å². The highest BCUT2D eigenvalue weighted by atomic mass is 14.7. The maximum atomic E-state index is 5.09. The van der Waals surface area contributed by atoms with Crippen LogP contribution in [0.3, 0.4) is 0 Å². The van der Waals surface area contributed by atoms with Crippen molar-refractivity contribution in [1.29, 1.82) is 0 Å². The van der Waals surface area contributed by atoms with E-state index in [2.05, 4.69) is 182 Å². The van der Waals surface area contributed by atoms with E-state index in [0.29, 0.717) is 49.9 Å². The number of benzene rings is 4. The second-order valence-electron chi connectivity index (χ2n) is 19.3. The summed E-state index contributed by atoms with van der Waals surface area (Å²) >= 11 is 0. The van der Waals surface area contributed by atoms with E-state index in [0.717, 1.165) is 22.3 Å². The van der Waals surface area contributed by atoms with Crippen LogP contribution in [0.25, 0.3) is 0 Å². The van der Waals surface area contributed by atoms with Crippen molar-refractivity contribution in [3.05, 3.63) is 139 Å². The quantitative estimate of drug-likeness (QED) is 0.200. The van der Waals surface area contributed by atoms with Crippen LogP contribution < -0.4 is 0 Å². The average molecular weight is 749 g/mol. The molecule has 0 N–H and O–H groups in total. The molecular formula is C52H68N4. The molecule has 0 amide bonds. The molecule has 4 aromatic carbocycles. The zero-order valence-electron chi connectivity index (χ0n) is 37.0. The summed E-state index contributed by atoms with van der Waals surface area (Å²) in [4.78, 5) is 20.4. The molecule has 0 saturated heterocycles. The van der Waals surface area contributed by atoms with Crippen molar-refractivity contribution >= 4 is 24.9 Å². The molecule has 5 rings (SSSR count). The van der Waals surface area contributed by atoms with Gasteiger partial charge in [0.15, 0.2) is 0 Å². The third-order valence-corrected chi connectivity index (χ3v) is 10.9. The van der Waals surface area contributed by atoms with Gasteiger partial charge in [0.25, 0.3) is 0 Å². The third kappa shape index (κ3) is 10.9. The van der Waals surface area contributed by atoms with Crippen molar-refractivity contribution in [2.75, 3.05) is 0 Å². The molecule has 1 aliphatic heterocycles. The van der Waals surface area contributed by atoms with E-state index >= 15 is 0 Å². The largest absolute Gasteiger partial charge is 0.288 e. The average Bonchev–Trinajstić information content (AvgIpc) is 3.10. The van der Waals surface area contributed by atoms with Crippen LogP contribution in [0.1, 0.15) is 198 Å². The Morgan fingerprint density at radius 1 is 0.339 bits per heavy atom. The van der Waals surface area contributed by atoms with E-state index in [1.165, 1.54) is 55.6 Å². The first-order chi connectivity index (χ1) is 26.3. The van der Waals surface area contributed by atoms with Gasteiger partial charge in [0.1, 0.15) is 0 Å². The summed E-state index contributed by atoms with van der Waals surface area (Å²) in [6, 6.07) is 23.3. The van der Waals surface area contributed by atoms with Crippen LogP contribution in [0.2, 0.25) is 0 Å². The number of hydrogen-bond acceptors (Lipinski definition) is 4. The van der Waals surface area contributed by atoms with Gasteiger partial charge < -0.3 is 0 Å². The highest BCUT2D eigenvalue weighted by molar-refractivity contribution is 5.90. The molecule has 0 spiro atoms. The first kappa shape index (κ1) is 42.7. The fourth-order valence-electron chi connectivity index (χ4n) is 7.54. The summed E-state index contributed by atoms with van der Waals surface area (Å²) < 4.78 is 0. The molecular weight excluding hydrogens is 681 g/mol. The van der Waals surface area contributed by atoms with Gasteiger partial charge in [-0.3, -0.25) is 20.0 Å². The number of rotatable bonds is 4. The van der Waals surface area contributed by atoms with Gasteiger partial charge >= 0.3 is 0 Å². The second-order valence-corrected chi connectivity index (χ2v) is 19.3. The summed E-state index contributed by atoms with van der Waals surface area (Å²) in [6.45, 7) is 34.3. The van der Waals surface area contributed by atoms with Crippen LogP contribution in [0.15, 0.2) is 80.6 Å². The van der Waals surface area contributed by atoms with E-state index in [1.54, 1.807) is 0 Å². The highest BCUT2D eigenvalue weighted by Gasteiger charge is 2.19. The monoisotopic (exact) mass is 749 g/mol. The molecule has 0 unspecified atom stereocenters. The van der Waals surface area contributed by atoms with Gasteiger partial charge in [0, 0.05) is 24.9 Å². The van der Waals surface area contributed by atoms with Gasteiger partial charge in [-0.1, -0.05) is 145 Å². The minimum absolute atomic E-state index is 0.00685. The lowest BCUT2D eigenvalue weighted by atomic mass is 9.85. The highest BCUT2D eigenvalue weighted by Crippen LogP contribution is 2.31. The van der Waals surface area contributed by atoms with Crippen LogP contribution in [-0.2, 0) is 37.0 Å². The Labute approximate surface area is 339 Å². The van der Waals surface area contributed by atoms with Crippen LogP contribution in [-0.4, -0.2) is 24.9 Å². The van der Waals surface area contributed by atoms with Gasteiger partial charge in [0.2, 0.25) is 0 Å². The Morgan fingerprint density at radius 3 is 0.768 bits per heavy atom. The minimum Gasteiger partial charge on any atom is -0.288 e. The standard InChI is InChI=1S/C52H68N4/c1-33(2)47-23-48(34(3)4)42-21-41(47)29-53-25-37-15-38(18-45(17-37)51(9,10)11)27-55-31-43-22-44(50(36(7)8)24-49(43)35(5)6)32-56-28-40-16-39(26-54-30-42)19-46(20-40)52(12,13)14/h15-24,29-36H,25-28H2,1-14H3. The van der Waals surface area contributed by atoms with Crippen molar-refractivity contribution in [2.45, 2.75) is 158 Å². The van der Waals surface area contributed by atoms with Crippen molar-refractivity contribution < 1.29 is 0 Å². The van der Waals surface area contributed by atoms with Crippen molar-refractivity contribution in [3.8, 4) is 0 Å². The molecule has 4 heteroatoms. The molecule has 0 fully saturated rings. The Morgan fingerprint density at radius 2 is 0.571 bits per heavy atom. The minimum atomic E-state index is 0.00685. The Kier molecular flexibility index (Phi) is 13.6. The molecule has 4 aromatic rings. The molecule has 0 saturated carbocycles. The molecule has 1 heterocycles. The molecule has 0 aliphatic carbocycles. The summed E-state index contributed by atoms with van der Waals surface area (Å²) in [6.07, 6.45) is 8.34. The van der Waals surface area contributed by atoms with Crippen LogP contribution in [0.5, 0.6) is 0 Å². The van der Waals surface area contributed by atoms with Crippen LogP contribution >= 0.6 is 0 Å². The van der Waals surface area contributed by atoms with E-state index < -0.39 is 0 Å². The molecule has 1 aliphatic rings. The molecule has 296 valence electrons. The van der Waals surface area contributed by atoms with Crippen molar-refractivity contribution in [1.82, 2.24) is 0 Å². The van der Waals surface area contributed by atoms with E-state index in [-0.39, 0.29) is 10.8 Å². The molecule has 8 bridgehead atoms. The lowest BCUT2D eigenvalue weighted by Crippen LogP contribution is -2.12. The predicted octanol–water partition coefficient (Wildman–Crippen LogP) is 13.6. The predicted molar refractivity (Wildman–Crippen MR) is 245 cm³/mol. The van der Waals surface area contributed by atoms with Crippen molar-refractivity contribution in [3.63, 3.8) is 0 Å². The molecule has 0 atom stereocenters. The van der Waals surface area contributed by atoms with Gasteiger partial charge in [-0.2, -0.15) is 0 Å². The summed E-state index contributed by atoms with van der Waals surface area (Å²) in [7, 11) is 0. The van der Waals surface area contributed by atoms with E-state index in [4.69, 9.17) is 20.0 Å². The lowest BCUT2D eigenvalue weighted by Gasteiger charge is -2.21. The van der Waals surface area contributed by atoms with E-state index in [1.807, 2.05) is 0 Å². The number of fused-ring (bicyclic) bond motifs is 8. The Bertz CT molecular complexity index is 1850. The zero-order valence-corrected chi connectivity index (χ0v) is 37.0. The Hall–Kier alpha value is -4.44. The smallest absolute Gasteiger partial charge is 0.0640 e. The maximum Gasteiger partial charge on any atom is 0.0640 e. The summed E-state index contributed by atoms with van der Waals surface area (Å²) in [5.41, 5.74) is 17.4. The number of nitrogens with zero attached hydrogens (tertiary/aromatic N) is 4. The normalized spacial score (nSPS) is 14.3. The first-order valence-corrected chi connectivity index (χ1v) is 20.9. The maximum absolute atomic E-state index is 5.09. The second kappa shape index (κ2) is 17.8. The molecule has 0 aromatic heterocycles. The first-order valence-electron chi connectivity index (χ1n) is 20.9. The van der Waals surface area contributed by atoms with Crippen LogP contribution in [0.4, 0.5) is 0 Å². The Balaban J connectivity index is 1.68. The van der Waals surface area contributed by atoms with Gasteiger partial charge in [0.05, 0.1) is 26.2 Å².